The lowest BCUT2D eigenvalue weighted by Crippen LogP contribution is -2.06. The Balaban J connectivity index is 2.40. The van der Waals surface area contributed by atoms with Crippen LogP contribution in [0.2, 0.25) is 15.1 Å². The molecular weight excluding hydrogens is 345 g/mol. The standard InChI is InChI=1S/C12H8Cl3NO3S/c13-7-1-8(14)3-10(2-7)20(18,19)6-11-12(17)4-9(15)5-16-11/h1-5,17H,6H2. The Hall–Kier alpha value is -1.01. The molecule has 0 aliphatic carbocycles. The van der Waals surface area contributed by atoms with Gasteiger partial charge in [-0.3, -0.25) is 4.98 Å². The summed E-state index contributed by atoms with van der Waals surface area (Å²) in [6, 6.07) is 5.23. The van der Waals surface area contributed by atoms with E-state index in [2.05, 4.69) is 4.98 Å². The van der Waals surface area contributed by atoms with Gasteiger partial charge in [-0.05, 0) is 18.2 Å². The van der Waals surface area contributed by atoms with Crippen molar-refractivity contribution in [2.24, 2.45) is 0 Å². The van der Waals surface area contributed by atoms with Crippen molar-refractivity contribution in [1.29, 1.82) is 0 Å². The number of pyridine rings is 1. The smallest absolute Gasteiger partial charge is 0.184 e. The van der Waals surface area contributed by atoms with E-state index in [1.54, 1.807) is 0 Å². The molecule has 0 aliphatic rings. The fourth-order valence-electron chi connectivity index (χ4n) is 1.54. The zero-order chi connectivity index (χ0) is 14.9. The van der Waals surface area contributed by atoms with E-state index >= 15 is 0 Å². The van der Waals surface area contributed by atoms with Crippen molar-refractivity contribution in [3.8, 4) is 5.75 Å². The van der Waals surface area contributed by atoms with Crippen LogP contribution in [0.4, 0.5) is 0 Å². The average Bonchev–Trinajstić information content (AvgIpc) is 2.31. The van der Waals surface area contributed by atoms with E-state index in [0.29, 0.717) is 0 Å². The molecule has 106 valence electrons. The molecule has 0 atom stereocenters. The lowest BCUT2D eigenvalue weighted by molar-refractivity contribution is 0.466. The SMILES string of the molecule is O=S(=O)(Cc1ncc(Cl)cc1O)c1cc(Cl)cc(Cl)c1. The molecule has 1 aromatic carbocycles. The number of rotatable bonds is 3. The van der Waals surface area contributed by atoms with Crippen molar-refractivity contribution in [2.75, 3.05) is 0 Å². The maximum Gasteiger partial charge on any atom is 0.184 e. The quantitative estimate of drug-likeness (QED) is 0.914. The molecule has 0 saturated heterocycles. The number of halogens is 3. The molecule has 0 spiro atoms. The Bertz CT molecular complexity index is 742. The summed E-state index contributed by atoms with van der Waals surface area (Å²) in [4.78, 5) is 3.77. The Kier molecular flexibility index (Phi) is 4.44. The Morgan fingerprint density at radius 2 is 1.60 bits per heavy atom. The van der Waals surface area contributed by atoms with E-state index in [1.165, 1.54) is 30.5 Å². The van der Waals surface area contributed by atoms with Crippen LogP contribution in [-0.4, -0.2) is 18.5 Å². The van der Waals surface area contributed by atoms with Crippen LogP contribution in [0.3, 0.4) is 0 Å². The molecule has 0 aliphatic heterocycles. The van der Waals surface area contributed by atoms with Gasteiger partial charge >= 0.3 is 0 Å². The molecule has 0 radical (unpaired) electrons. The molecule has 8 heteroatoms. The molecule has 4 nitrogen and oxygen atoms in total. The predicted molar refractivity (Wildman–Crippen MR) is 78.3 cm³/mol. The van der Waals surface area contributed by atoms with Gasteiger partial charge in [0.05, 0.1) is 15.6 Å². The summed E-state index contributed by atoms with van der Waals surface area (Å²) in [5, 5.41) is 10.3. The molecule has 20 heavy (non-hydrogen) atoms. The van der Waals surface area contributed by atoms with Gasteiger partial charge in [0.1, 0.15) is 11.5 Å². The molecule has 1 N–H and O–H groups in total. The second kappa shape index (κ2) is 5.77. The maximum atomic E-state index is 12.2. The minimum atomic E-state index is -3.73. The lowest BCUT2D eigenvalue weighted by atomic mass is 10.3. The Morgan fingerprint density at radius 3 is 2.15 bits per heavy atom. The van der Waals surface area contributed by atoms with E-state index in [0.717, 1.165) is 0 Å². The first-order chi connectivity index (χ1) is 9.28. The van der Waals surface area contributed by atoms with E-state index < -0.39 is 15.6 Å². The largest absolute Gasteiger partial charge is 0.506 e. The van der Waals surface area contributed by atoms with E-state index in [4.69, 9.17) is 34.8 Å². The summed E-state index contributed by atoms with van der Waals surface area (Å²) in [6.45, 7) is 0. The fraction of sp³-hybridized carbons (Fsp3) is 0.0833. The van der Waals surface area contributed by atoms with Crippen molar-refractivity contribution in [3.05, 3.63) is 51.2 Å². The number of benzene rings is 1. The lowest BCUT2D eigenvalue weighted by Gasteiger charge is -2.07. The number of aromatic hydroxyl groups is 1. The Labute approximate surface area is 130 Å². The predicted octanol–water partition coefficient (Wildman–Crippen LogP) is 3.72. The molecule has 2 aromatic rings. The zero-order valence-corrected chi connectivity index (χ0v) is 12.9. The highest BCUT2D eigenvalue weighted by Gasteiger charge is 2.19. The molecule has 0 unspecified atom stereocenters. The fourth-order valence-corrected chi connectivity index (χ4v) is 3.71. The van der Waals surface area contributed by atoms with Crippen LogP contribution >= 0.6 is 34.8 Å². The molecule has 2 rings (SSSR count). The summed E-state index contributed by atoms with van der Waals surface area (Å²) >= 11 is 17.2. The van der Waals surface area contributed by atoms with Gasteiger partial charge in [-0.25, -0.2) is 8.42 Å². The molecule has 1 heterocycles. The van der Waals surface area contributed by atoms with Gasteiger partial charge in [-0.1, -0.05) is 34.8 Å². The molecule has 0 amide bonds. The van der Waals surface area contributed by atoms with Crippen LogP contribution in [0.5, 0.6) is 5.75 Å². The third-order valence-electron chi connectivity index (χ3n) is 2.44. The highest BCUT2D eigenvalue weighted by Crippen LogP contribution is 2.27. The summed E-state index contributed by atoms with van der Waals surface area (Å²) < 4.78 is 24.5. The third-order valence-corrected chi connectivity index (χ3v) is 4.69. The first-order valence-electron chi connectivity index (χ1n) is 5.30. The van der Waals surface area contributed by atoms with Gasteiger partial charge in [0, 0.05) is 22.3 Å². The first-order valence-corrected chi connectivity index (χ1v) is 8.09. The van der Waals surface area contributed by atoms with Crippen LogP contribution in [-0.2, 0) is 15.6 Å². The van der Waals surface area contributed by atoms with Crippen molar-refractivity contribution in [2.45, 2.75) is 10.6 Å². The highest BCUT2D eigenvalue weighted by molar-refractivity contribution is 7.90. The number of sulfone groups is 1. The van der Waals surface area contributed by atoms with Crippen LogP contribution in [0.1, 0.15) is 5.69 Å². The van der Waals surface area contributed by atoms with Crippen molar-refractivity contribution in [1.82, 2.24) is 4.98 Å². The van der Waals surface area contributed by atoms with Gasteiger partial charge in [0.2, 0.25) is 0 Å². The summed E-state index contributed by atoms with van der Waals surface area (Å²) in [7, 11) is -3.73. The van der Waals surface area contributed by atoms with Gasteiger partial charge in [-0.15, -0.1) is 0 Å². The summed E-state index contributed by atoms with van der Waals surface area (Å²) in [6.07, 6.45) is 1.26. The maximum absolute atomic E-state index is 12.2. The number of hydrogen-bond acceptors (Lipinski definition) is 4. The number of aromatic nitrogens is 1. The minimum Gasteiger partial charge on any atom is -0.506 e. The summed E-state index contributed by atoms with van der Waals surface area (Å²) in [5.41, 5.74) is 0.00509. The van der Waals surface area contributed by atoms with Crippen LogP contribution < -0.4 is 0 Å². The zero-order valence-electron chi connectivity index (χ0n) is 9.85. The first kappa shape index (κ1) is 15.4. The van der Waals surface area contributed by atoms with Crippen LogP contribution in [0, 0.1) is 0 Å². The second-order valence-corrected chi connectivity index (χ2v) is 7.28. The second-order valence-electron chi connectivity index (χ2n) is 3.98. The number of nitrogens with zero attached hydrogens (tertiary/aromatic N) is 1. The Morgan fingerprint density at radius 1 is 1.00 bits per heavy atom. The summed E-state index contributed by atoms with van der Waals surface area (Å²) in [5.74, 6) is -0.763. The molecule has 0 saturated carbocycles. The van der Waals surface area contributed by atoms with E-state index in [-0.39, 0.29) is 31.4 Å². The third kappa shape index (κ3) is 3.55. The molecule has 0 bridgehead atoms. The topological polar surface area (TPSA) is 67.3 Å². The number of hydrogen-bond donors (Lipinski definition) is 1. The monoisotopic (exact) mass is 351 g/mol. The van der Waals surface area contributed by atoms with E-state index in [1.807, 2.05) is 0 Å². The van der Waals surface area contributed by atoms with E-state index in [9.17, 15) is 13.5 Å². The normalized spacial score (nSPS) is 11.6. The van der Waals surface area contributed by atoms with Crippen molar-refractivity contribution < 1.29 is 13.5 Å². The van der Waals surface area contributed by atoms with Crippen molar-refractivity contribution >= 4 is 44.6 Å². The molecule has 0 fully saturated rings. The van der Waals surface area contributed by atoms with Gasteiger partial charge < -0.3 is 5.11 Å². The van der Waals surface area contributed by atoms with Crippen molar-refractivity contribution in [3.63, 3.8) is 0 Å². The molecule has 1 aromatic heterocycles. The minimum absolute atomic E-state index is 0.00509. The van der Waals surface area contributed by atoms with Crippen LogP contribution in [0.15, 0.2) is 35.4 Å². The van der Waals surface area contributed by atoms with Gasteiger partial charge in [0.15, 0.2) is 9.84 Å². The van der Waals surface area contributed by atoms with Crippen LogP contribution in [0.25, 0.3) is 0 Å². The highest BCUT2D eigenvalue weighted by atomic mass is 35.5. The average molecular weight is 353 g/mol. The van der Waals surface area contributed by atoms with Gasteiger partial charge in [0.25, 0.3) is 0 Å². The molecular formula is C12H8Cl3NO3S. The van der Waals surface area contributed by atoms with Gasteiger partial charge in [-0.2, -0.15) is 0 Å².